The van der Waals surface area contributed by atoms with E-state index in [0.29, 0.717) is 12.0 Å². The lowest BCUT2D eigenvalue weighted by Crippen LogP contribution is -2.38. The maximum Gasteiger partial charge on any atom is 0.312 e. The van der Waals surface area contributed by atoms with Crippen LogP contribution in [0.1, 0.15) is 37.8 Å². The number of hydrogen-bond donors (Lipinski definition) is 0. The van der Waals surface area contributed by atoms with Gasteiger partial charge in [0, 0.05) is 11.5 Å². The Morgan fingerprint density at radius 3 is 2.27 bits per heavy atom. The van der Waals surface area contributed by atoms with Gasteiger partial charge in [0.2, 0.25) is 0 Å². The molecule has 2 aromatic carbocycles. The van der Waals surface area contributed by atoms with Gasteiger partial charge in [-0.25, -0.2) is 12.7 Å². The van der Waals surface area contributed by atoms with Gasteiger partial charge in [-0.05, 0) is 63.5 Å². The lowest BCUT2D eigenvalue weighted by atomic mass is 9.93. The highest BCUT2D eigenvalue weighted by Crippen LogP contribution is 2.26. The highest BCUT2D eigenvalue weighted by atomic mass is 32.2. The van der Waals surface area contributed by atoms with E-state index in [1.807, 2.05) is 38.1 Å². The molecule has 0 spiro atoms. The van der Waals surface area contributed by atoms with Gasteiger partial charge in [-0.3, -0.25) is 4.79 Å². The maximum atomic E-state index is 13.3. The maximum absolute atomic E-state index is 13.3. The normalized spacial score (nSPS) is 13.9. The molecular weight excluding hydrogens is 394 g/mol. The topological polar surface area (TPSA) is 54.5 Å². The molecule has 154 valence electrons. The number of aryl methyl sites for hydroxylation is 1. The second kappa shape index (κ2) is 9.15. The predicted octanol–water partition coefficient (Wildman–Crippen LogP) is 4.62. The molecule has 0 atom stereocenters. The van der Waals surface area contributed by atoms with E-state index in [2.05, 4.69) is 18.8 Å². The summed E-state index contributed by atoms with van der Waals surface area (Å²) in [6, 6.07) is 15.6. The van der Waals surface area contributed by atoms with Crippen LogP contribution in [-0.2, 0) is 14.8 Å². The Morgan fingerprint density at radius 1 is 0.967 bits per heavy atom. The second-order valence-electron chi connectivity index (χ2n) is 7.55. The Labute approximate surface area is 179 Å². The van der Waals surface area contributed by atoms with Gasteiger partial charge in [0.05, 0.1) is 11.4 Å². The van der Waals surface area contributed by atoms with Gasteiger partial charge < -0.3 is 0 Å². The van der Waals surface area contributed by atoms with Crippen molar-refractivity contribution in [3.8, 4) is 11.8 Å². The minimum absolute atomic E-state index is 0.00311. The monoisotopic (exact) mass is 419 g/mol. The van der Waals surface area contributed by atoms with Crippen LogP contribution in [0.3, 0.4) is 0 Å². The van der Waals surface area contributed by atoms with Gasteiger partial charge in [-0.1, -0.05) is 59.0 Å². The van der Waals surface area contributed by atoms with Crippen molar-refractivity contribution < 1.29 is 13.2 Å². The summed E-state index contributed by atoms with van der Waals surface area (Å²) in [4.78, 5) is 13.0. The molecule has 0 aromatic heterocycles. The fraction of sp³-hybridized carbons (Fsp3) is 0.240. The van der Waals surface area contributed by atoms with Crippen molar-refractivity contribution in [3.63, 3.8) is 0 Å². The van der Waals surface area contributed by atoms with Crippen LogP contribution in [0.15, 0.2) is 82.3 Å². The van der Waals surface area contributed by atoms with Crippen molar-refractivity contribution in [2.24, 2.45) is 0 Å². The fourth-order valence-electron chi connectivity index (χ4n) is 3.15. The number of hydrogen-bond acceptors (Lipinski definition) is 3. The Balaban J connectivity index is 1.95. The number of carbonyl (C=O) groups is 1. The number of nitrogens with zero attached hydrogens (tertiary/aromatic N) is 1. The molecule has 30 heavy (non-hydrogen) atoms. The second-order valence-corrected chi connectivity index (χ2v) is 9.41. The quantitative estimate of drug-likeness (QED) is 0.537. The molecule has 3 rings (SSSR count). The highest BCUT2D eigenvalue weighted by Gasteiger charge is 2.29. The van der Waals surface area contributed by atoms with Crippen LogP contribution in [0.25, 0.3) is 0 Å². The molecule has 0 fully saturated rings. The average Bonchev–Trinajstić information content (AvgIpc) is 2.73. The molecule has 5 heteroatoms. The lowest BCUT2D eigenvalue weighted by Gasteiger charge is -2.24. The zero-order valence-corrected chi connectivity index (χ0v) is 18.3. The van der Waals surface area contributed by atoms with Gasteiger partial charge in [0.1, 0.15) is 0 Å². The number of carbonyl (C=O) groups excluding carboxylic acids is 1. The smallest absolute Gasteiger partial charge is 0.258 e. The first kappa shape index (κ1) is 21.6. The van der Waals surface area contributed by atoms with Crippen LogP contribution < -0.4 is 0 Å². The van der Waals surface area contributed by atoms with Crippen molar-refractivity contribution in [2.75, 3.05) is 6.54 Å². The molecule has 0 saturated carbocycles. The molecule has 2 aromatic rings. The molecule has 1 aliphatic rings. The van der Waals surface area contributed by atoms with E-state index < -0.39 is 15.9 Å². The largest absolute Gasteiger partial charge is 0.312 e. The molecule has 0 N–H and O–H groups in total. The Morgan fingerprint density at radius 2 is 1.63 bits per heavy atom. The summed E-state index contributed by atoms with van der Waals surface area (Å²) in [5.74, 6) is 4.56. The van der Waals surface area contributed by atoms with Crippen LogP contribution in [0.5, 0.6) is 0 Å². The van der Waals surface area contributed by atoms with Crippen molar-refractivity contribution in [1.29, 1.82) is 0 Å². The fourth-order valence-corrected chi connectivity index (χ4v) is 4.49. The van der Waals surface area contributed by atoms with E-state index in [1.165, 1.54) is 23.3 Å². The summed E-state index contributed by atoms with van der Waals surface area (Å²) in [5.41, 5.74) is 5.00. The first-order valence-electron chi connectivity index (χ1n) is 9.81. The number of rotatable bonds is 4. The Hall–Kier alpha value is -3.10. The molecule has 0 unspecified atom stereocenters. The van der Waals surface area contributed by atoms with Crippen LogP contribution >= 0.6 is 0 Å². The van der Waals surface area contributed by atoms with Crippen molar-refractivity contribution >= 4 is 15.9 Å². The minimum atomic E-state index is -4.03. The van der Waals surface area contributed by atoms with E-state index in [9.17, 15) is 13.2 Å². The average molecular weight is 420 g/mol. The number of benzene rings is 2. The predicted molar refractivity (Wildman–Crippen MR) is 119 cm³/mol. The lowest BCUT2D eigenvalue weighted by molar-refractivity contribution is -0.120. The summed E-state index contributed by atoms with van der Waals surface area (Å²) < 4.78 is 27.5. The van der Waals surface area contributed by atoms with Gasteiger partial charge in [-0.15, -0.1) is 0 Å². The zero-order valence-electron chi connectivity index (χ0n) is 17.5. The van der Waals surface area contributed by atoms with Gasteiger partial charge in [0.15, 0.2) is 0 Å². The minimum Gasteiger partial charge on any atom is -0.258 e. The third-order valence-electron chi connectivity index (χ3n) is 5.19. The zero-order chi connectivity index (χ0) is 21.7. The molecule has 0 saturated heterocycles. The summed E-state index contributed by atoms with van der Waals surface area (Å²) in [5, 5.41) is 0. The van der Waals surface area contributed by atoms with Gasteiger partial charge in [-0.2, -0.15) is 0 Å². The van der Waals surface area contributed by atoms with Gasteiger partial charge in [0.25, 0.3) is 10.0 Å². The molecule has 4 nitrogen and oxygen atoms in total. The standard InChI is InChI=1S/C25H25NO3S/c1-19-9-14-24(15-10-19)30(28,29)26(18-23-12-11-20(2)21(3)17-23)25(27)16-13-22-7-5-4-6-8-22/h4-10,12,14-15H,11,17-18H2,1-3H3. The molecule has 1 amide bonds. The third-order valence-corrected chi connectivity index (χ3v) is 6.93. The number of allylic oxidation sites excluding steroid dienone is 3. The summed E-state index contributed by atoms with van der Waals surface area (Å²) in [6.07, 6.45) is 3.44. The Bertz CT molecular complexity index is 1160. The third kappa shape index (κ3) is 5.08. The summed E-state index contributed by atoms with van der Waals surface area (Å²) >= 11 is 0. The first-order valence-corrected chi connectivity index (χ1v) is 11.2. The first-order chi connectivity index (χ1) is 14.3. The van der Waals surface area contributed by atoms with Crippen LogP contribution in [0.2, 0.25) is 0 Å². The van der Waals surface area contributed by atoms with Crippen LogP contribution in [0.4, 0.5) is 0 Å². The molecule has 0 heterocycles. The molecular formula is C25H25NO3S. The molecule has 0 radical (unpaired) electrons. The van der Waals surface area contributed by atoms with E-state index in [4.69, 9.17) is 0 Å². The van der Waals surface area contributed by atoms with Crippen LogP contribution in [-0.4, -0.2) is 25.2 Å². The molecule has 0 aliphatic heterocycles. The Kier molecular flexibility index (Phi) is 6.59. The van der Waals surface area contributed by atoms with Crippen molar-refractivity contribution in [2.45, 2.75) is 38.5 Å². The number of sulfonamides is 1. The van der Waals surface area contributed by atoms with Crippen molar-refractivity contribution in [1.82, 2.24) is 4.31 Å². The van der Waals surface area contributed by atoms with E-state index >= 15 is 0 Å². The highest BCUT2D eigenvalue weighted by molar-refractivity contribution is 7.89. The van der Waals surface area contributed by atoms with E-state index in [0.717, 1.165) is 21.9 Å². The summed E-state index contributed by atoms with van der Waals surface area (Å²) in [6.45, 7) is 6.00. The van der Waals surface area contributed by atoms with Crippen molar-refractivity contribution in [3.05, 3.63) is 88.5 Å². The number of amides is 1. The molecule has 0 bridgehead atoms. The summed E-state index contributed by atoms with van der Waals surface area (Å²) in [7, 11) is -4.03. The van der Waals surface area contributed by atoms with Gasteiger partial charge >= 0.3 is 5.91 Å². The van der Waals surface area contributed by atoms with E-state index in [-0.39, 0.29) is 11.4 Å². The molecule has 1 aliphatic carbocycles. The van der Waals surface area contributed by atoms with E-state index in [1.54, 1.807) is 24.3 Å². The SMILES string of the molecule is CC1=C(C)CC(CN(C(=O)C#Cc2ccccc2)S(=O)(=O)c2ccc(C)cc2)=CC1. The van der Waals surface area contributed by atoms with Crippen LogP contribution in [0, 0.1) is 18.8 Å².